The lowest BCUT2D eigenvalue weighted by Gasteiger charge is -2.10. The SMILES string of the molecule is Cc1cc(OCc2coc(-c3cc4cc(F)ccc4[nH]3)n2)ccc1COCCn1ccnn1. The van der Waals surface area contributed by atoms with Gasteiger partial charge in [0.05, 0.1) is 26.0 Å². The van der Waals surface area contributed by atoms with Gasteiger partial charge in [-0.2, -0.15) is 0 Å². The van der Waals surface area contributed by atoms with Crippen LogP contribution < -0.4 is 4.74 Å². The lowest BCUT2D eigenvalue weighted by Crippen LogP contribution is -2.07. The Morgan fingerprint density at radius 1 is 1.12 bits per heavy atom. The van der Waals surface area contributed by atoms with E-state index in [1.54, 1.807) is 29.4 Å². The van der Waals surface area contributed by atoms with Gasteiger partial charge in [-0.25, -0.2) is 9.37 Å². The van der Waals surface area contributed by atoms with Crippen molar-refractivity contribution in [3.05, 3.63) is 83.8 Å². The number of aromatic nitrogens is 5. The Morgan fingerprint density at radius 3 is 2.91 bits per heavy atom. The number of aryl methyl sites for hydroxylation is 1. The highest BCUT2D eigenvalue weighted by atomic mass is 19.1. The Labute approximate surface area is 189 Å². The summed E-state index contributed by atoms with van der Waals surface area (Å²) in [5.74, 6) is 0.887. The van der Waals surface area contributed by atoms with Crippen molar-refractivity contribution in [3.63, 3.8) is 0 Å². The fourth-order valence-corrected chi connectivity index (χ4v) is 3.49. The number of ether oxygens (including phenoxy) is 2. The van der Waals surface area contributed by atoms with Crippen LogP contribution in [0.5, 0.6) is 5.75 Å². The van der Waals surface area contributed by atoms with Gasteiger partial charge in [-0.3, -0.25) is 4.68 Å². The van der Waals surface area contributed by atoms with E-state index >= 15 is 0 Å². The average Bonchev–Trinajstić information content (AvgIpc) is 3.56. The second-order valence-corrected chi connectivity index (χ2v) is 7.65. The third-order valence-corrected chi connectivity index (χ3v) is 5.26. The van der Waals surface area contributed by atoms with E-state index < -0.39 is 0 Å². The highest BCUT2D eigenvalue weighted by molar-refractivity contribution is 5.84. The van der Waals surface area contributed by atoms with Crippen LogP contribution in [-0.2, 0) is 24.5 Å². The summed E-state index contributed by atoms with van der Waals surface area (Å²) in [6.07, 6.45) is 5.01. The molecule has 0 spiro atoms. The van der Waals surface area contributed by atoms with Crippen molar-refractivity contribution in [2.24, 2.45) is 0 Å². The molecule has 168 valence electrons. The number of aromatic amines is 1. The van der Waals surface area contributed by atoms with Crippen LogP contribution in [0, 0.1) is 12.7 Å². The summed E-state index contributed by atoms with van der Waals surface area (Å²) in [5, 5.41) is 8.44. The van der Waals surface area contributed by atoms with Crippen LogP contribution in [0.1, 0.15) is 16.8 Å². The summed E-state index contributed by atoms with van der Waals surface area (Å²) in [6, 6.07) is 12.3. The predicted octanol–water partition coefficient (Wildman–Crippen LogP) is 4.66. The predicted molar refractivity (Wildman–Crippen MR) is 119 cm³/mol. The van der Waals surface area contributed by atoms with Crippen molar-refractivity contribution in [2.75, 3.05) is 6.61 Å². The van der Waals surface area contributed by atoms with E-state index in [-0.39, 0.29) is 12.4 Å². The van der Waals surface area contributed by atoms with E-state index in [0.717, 1.165) is 27.8 Å². The zero-order valence-electron chi connectivity index (χ0n) is 18.0. The van der Waals surface area contributed by atoms with Gasteiger partial charge in [-0.15, -0.1) is 5.10 Å². The molecule has 0 aliphatic rings. The fraction of sp³-hybridized carbons (Fsp3) is 0.208. The second-order valence-electron chi connectivity index (χ2n) is 7.65. The normalized spacial score (nSPS) is 11.3. The molecule has 1 N–H and O–H groups in total. The van der Waals surface area contributed by atoms with Crippen LogP contribution in [-0.4, -0.2) is 31.6 Å². The molecule has 0 amide bonds. The van der Waals surface area contributed by atoms with Crippen molar-refractivity contribution < 1.29 is 18.3 Å². The van der Waals surface area contributed by atoms with Gasteiger partial charge in [0.15, 0.2) is 0 Å². The fourth-order valence-electron chi connectivity index (χ4n) is 3.49. The summed E-state index contributed by atoms with van der Waals surface area (Å²) in [7, 11) is 0. The Kier molecular flexibility index (Phi) is 5.86. The third-order valence-electron chi connectivity index (χ3n) is 5.26. The van der Waals surface area contributed by atoms with Crippen LogP contribution >= 0.6 is 0 Å². The Hall–Kier alpha value is -3.98. The van der Waals surface area contributed by atoms with Gasteiger partial charge >= 0.3 is 0 Å². The minimum Gasteiger partial charge on any atom is -0.487 e. The quantitative estimate of drug-likeness (QED) is 0.331. The zero-order chi connectivity index (χ0) is 22.6. The van der Waals surface area contributed by atoms with E-state index in [2.05, 4.69) is 20.3 Å². The first-order valence-electron chi connectivity index (χ1n) is 10.5. The number of halogens is 1. The molecule has 33 heavy (non-hydrogen) atoms. The summed E-state index contributed by atoms with van der Waals surface area (Å²) < 4.78 is 32.4. The van der Waals surface area contributed by atoms with E-state index in [1.165, 1.54) is 12.1 Å². The molecule has 0 bridgehead atoms. The standard InChI is InChI=1S/C24H22FN5O3/c1-16-10-21(4-2-17(16)13-31-9-8-30-7-6-26-29-30)32-14-20-15-33-24(27-20)23-12-18-11-19(25)3-5-22(18)28-23/h2-7,10-12,15,28H,8-9,13-14H2,1H3. The molecule has 5 aromatic rings. The molecule has 0 atom stereocenters. The molecule has 0 aliphatic carbocycles. The summed E-state index contributed by atoms with van der Waals surface area (Å²) in [5.41, 5.74) is 4.35. The maximum Gasteiger partial charge on any atom is 0.243 e. The highest BCUT2D eigenvalue weighted by Crippen LogP contribution is 2.25. The molecule has 8 nitrogen and oxygen atoms in total. The number of hydrogen-bond donors (Lipinski definition) is 1. The molecule has 0 fully saturated rings. The molecular formula is C24H22FN5O3. The molecular weight excluding hydrogens is 425 g/mol. The number of benzene rings is 2. The Morgan fingerprint density at radius 2 is 2.06 bits per heavy atom. The lowest BCUT2D eigenvalue weighted by atomic mass is 10.1. The monoisotopic (exact) mass is 447 g/mol. The topological polar surface area (TPSA) is 91.0 Å². The van der Waals surface area contributed by atoms with Crippen molar-refractivity contribution in [3.8, 4) is 17.3 Å². The van der Waals surface area contributed by atoms with Gasteiger partial charge in [-0.1, -0.05) is 11.3 Å². The molecule has 5 rings (SSSR count). The van der Waals surface area contributed by atoms with Crippen LogP contribution in [0.4, 0.5) is 4.39 Å². The molecule has 3 aromatic heterocycles. The van der Waals surface area contributed by atoms with Crippen molar-refractivity contribution in [1.29, 1.82) is 0 Å². The van der Waals surface area contributed by atoms with Gasteiger partial charge in [0.2, 0.25) is 5.89 Å². The van der Waals surface area contributed by atoms with Gasteiger partial charge in [0.1, 0.15) is 35.8 Å². The van der Waals surface area contributed by atoms with E-state index in [1.807, 2.05) is 31.2 Å². The van der Waals surface area contributed by atoms with Crippen LogP contribution in [0.25, 0.3) is 22.5 Å². The minimum atomic E-state index is -0.283. The van der Waals surface area contributed by atoms with E-state index in [9.17, 15) is 4.39 Å². The van der Waals surface area contributed by atoms with Gasteiger partial charge in [0, 0.05) is 17.1 Å². The first-order valence-corrected chi connectivity index (χ1v) is 10.5. The molecule has 0 unspecified atom stereocenters. The maximum absolute atomic E-state index is 13.4. The first kappa shape index (κ1) is 20.9. The molecule has 0 radical (unpaired) electrons. The van der Waals surface area contributed by atoms with Crippen LogP contribution in [0.2, 0.25) is 0 Å². The lowest BCUT2D eigenvalue weighted by molar-refractivity contribution is 0.110. The van der Waals surface area contributed by atoms with Gasteiger partial charge in [-0.05, 0) is 54.4 Å². The highest BCUT2D eigenvalue weighted by Gasteiger charge is 2.11. The first-order chi connectivity index (χ1) is 16.1. The van der Waals surface area contributed by atoms with Gasteiger partial charge < -0.3 is 18.9 Å². The van der Waals surface area contributed by atoms with Crippen LogP contribution in [0.15, 0.2) is 65.5 Å². The zero-order valence-corrected chi connectivity index (χ0v) is 18.0. The summed E-state index contributed by atoms with van der Waals surface area (Å²) in [6.45, 7) is 4.03. The number of hydrogen-bond acceptors (Lipinski definition) is 6. The molecule has 0 saturated carbocycles. The number of nitrogens with one attached hydrogen (secondary N) is 1. The average molecular weight is 447 g/mol. The molecule has 9 heteroatoms. The van der Waals surface area contributed by atoms with E-state index in [4.69, 9.17) is 13.9 Å². The van der Waals surface area contributed by atoms with Crippen molar-refractivity contribution in [1.82, 2.24) is 25.0 Å². The van der Waals surface area contributed by atoms with Crippen molar-refractivity contribution in [2.45, 2.75) is 26.7 Å². The number of H-pyrrole nitrogens is 1. The largest absolute Gasteiger partial charge is 0.487 e. The van der Waals surface area contributed by atoms with Gasteiger partial charge in [0.25, 0.3) is 0 Å². The summed E-state index contributed by atoms with van der Waals surface area (Å²) in [4.78, 5) is 7.66. The molecule has 0 saturated heterocycles. The molecule has 3 heterocycles. The summed E-state index contributed by atoms with van der Waals surface area (Å²) >= 11 is 0. The number of rotatable bonds is 9. The number of nitrogens with zero attached hydrogens (tertiary/aromatic N) is 4. The maximum atomic E-state index is 13.4. The van der Waals surface area contributed by atoms with Crippen molar-refractivity contribution >= 4 is 10.9 Å². The van der Waals surface area contributed by atoms with E-state index in [0.29, 0.717) is 37.0 Å². The number of oxazole rings is 1. The minimum absolute atomic E-state index is 0.269. The smallest absolute Gasteiger partial charge is 0.243 e. The molecule has 0 aliphatic heterocycles. The second kappa shape index (κ2) is 9.25. The number of fused-ring (bicyclic) bond motifs is 1. The Bertz CT molecular complexity index is 1360. The van der Waals surface area contributed by atoms with Crippen LogP contribution in [0.3, 0.4) is 0 Å². The third kappa shape index (κ3) is 4.93. The molecule has 2 aromatic carbocycles. The Balaban J connectivity index is 1.16.